The molecule has 0 saturated carbocycles. The van der Waals surface area contributed by atoms with Gasteiger partial charge in [-0.05, 0) is 0 Å². The second kappa shape index (κ2) is 8.23. The quantitative estimate of drug-likeness (QED) is 0.630. The van der Waals surface area contributed by atoms with Crippen LogP contribution in [0, 0.1) is 0 Å². The van der Waals surface area contributed by atoms with Crippen LogP contribution in [0.4, 0.5) is 0 Å². The van der Waals surface area contributed by atoms with Gasteiger partial charge in [-0.2, -0.15) is 0 Å². The summed E-state index contributed by atoms with van der Waals surface area (Å²) in [5, 5.41) is 0. The van der Waals surface area contributed by atoms with Crippen LogP contribution in [0.5, 0.6) is 0 Å². The van der Waals surface area contributed by atoms with Crippen molar-refractivity contribution in [1.82, 2.24) is 4.90 Å². The molecular formula is C10H19NO4. The van der Waals surface area contributed by atoms with Gasteiger partial charge in [-0.15, -0.1) is 0 Å². The molecule has 1 fully saturated rings. The number of ether oxygens (including phenoxy) is 2. The van der Waals surface area contributed by atoms with Gasteiger partial charge in [0.2, 0.25) is 0 Å². The molecule has 1 saturated heterocycles. The molecule has 0 N–H and O–H groups in total. The summed E-state index contributed by atoms with van der Waals surface area (Å²) in [6.45, 7) is 7.42. The molecule has 0 aromatic carbocycles. The molecule has 0 bridgehead atoms. The van der Waals surface area contributed by atoms with E-state index in [1.807, 2.05) is 13.8 Å². The number of nitrogens with zero attached hydrogens (tertiary/aromatic N) is 1. The molecule has 88 valence electrons. The number of esters is 1. The number of carbonyl (C=O) groups excluding carboxylic acids is 2. The van der Waals surface area contributed by atoms with Gasteiger partial charge in [0, 0.05) is 20.0 Å². The summed E-state index contributed by atoms with van der Waals surface area (Å²) in [5.74, 6) is -0.583. The molecule has 5 heteroatoms. The van der Waals surface area contributed by atoms with Crippen molar-refractivity contribution in [3.63, 3.8) is 0 Å². The van der Waals surface area contributed by atoms with Crippen LogP contribution < -0.4 is 0 Å². The Labute approximate surface area is 90.3 Å². The van der Waals surface area contributed by atoms with Crippen LogP contribution >= 0.6 is 0 Å². The Balaban J connectivity index is 0.000000921. The lowest BCUT2D eigenvalue weighted by Crippen LogP contribution is -2.42. The number of carbonyl (C=O) groups is 2. The minimum atomic E-state index is -0.429. The molecule has 5 nitrogen and oxygen atoms in total. The summed E-state index contributed by atoms with van der Waals surface area (Å²) in [6.07, 6.45) is 0. The fourth-order valence-corrected chi connectivity index (χ4v) is 1.07. The first-order valence-corrected chi connectivity index (χ1v) is 5.19. The molecular weight excluding hydrogens is 198 g/mol. The molecule has 0 spiro atoms. The minimum Gasteiger partial charge on any atom is -0.456 e. The molecule has 1 rings (SSSR count). The highest BCUT2D eigenvalue weighted by molar-refractivity contribution is 5.80. The van der Waals surface area contributed by atoms with Gasteiger partial charge in [0.15, 0.2) is 6.61 Å². The molecule has 1 heterocycles. The second-order valence-corrected chi connectivity index (χ2v) is 2.77. The second-order valence-electron chi connectivity index (χ2n) is 2.77. The Bertz CT molecular complexity index is 200. The van der Waals surface area contributed by atoms with E-state index in [0.717, 1.165) is 0 Å². The van der Waals surface area contributed by atoms with Crippen molar-refractivity contribution in [2.75, 3.05) is 32.9 Å². The van der Waals surface area contributed by atoms with Crippen LogP contribution in [-0.2, 0) is 19.1 Å². The van der Waals surface area contributed by atoms with Crippen molar-refractivity contribution in [3.05, 3.63) is 0 Å². The molecule has 0 aliphatic carbocycles. The van der Waals surface area contributed by atoms with Crippen LogP contribution in [0.15, 0.2) is 0 Å². The van der Waals surface area contributed by atoms with Gasteiger partial charge in [-0.25, -0.2) is 0 Å². The molecule has 0 aromatic heterocycles. The fraction of sp³-hybridized carbons (Fsp3) is 0.800. The van der Waals surface area contributed by atoms with Crippen molar-refractivity contribution < 1.29 is 19.1 Å². The number of amides is 1. The molecule has 15 heavy (non-hydrogen) atoms. The third kappa shape index (κ3) is 6.06. The molecule has 1 amide bonds. The third-order valence-corrected chi connectivity index (χ3v) is 1.76. The molecule has 0 atom stereocenters. The molecule has 0 aromatic rings. The minimum absolute atomic E-state index is 0.154. The smallest absolute Gasteiger partial charge is 0.303 e. The monoisotopic (exact) mass is 217 g/mol. The van der Waals surface area contributed by atoms with E-state index < -0.39 is 5.97 Å². The number of rotatable bonds is 2. The van der Waals surface area contributed by atoms with Gasteiger partial charge in [0.05, 0.1) is 13.2 Å². The van der Waals surface area contributed by atoms with Crippen LogP contribution in [-0.4, -0.2) is 49.7 Å². The topological polar surface area (TPSA) is 55.8 Å². The highest BCUT2D eigenvalue weighted by atomic mass is 16.5. The zero-order chi connectivity index (χ0) is 11.7. The van der Waals surface area contributed by atoms with E-state index in [0.29, 0.717) is 26.3 Å². The van der Waals surface area contributed by atoms with E-state index in [-0.39, 0.29) is 12.5 Å². The van der Waals surface area contributed by atoms with E-state index >= 15 is 0 Å². The number of hydrogen-bond donors (Lipinski definition) is 0. The number of hydrogen-bond acceptors (Lipinski definition) is 4. The van der Waals surface area contributed by atoms with Crippen LogP contribution in [0.1, 0.15) is 20.8 Å². The summed E-state index contributed by atoms with van der Waals surface area (Å²) < 4.78 is 9.66. The zero-order valence-corrected chi connectivity index (χ0v) is 9.62. The predicted molar refractivity (Wildman–Crippen MR) is 55.4 cm³/mol. The highest BCUT2D eigenvalue weighted by Gasteiger charge is 2.17. The van der Waals surface area contributed by atoms with Crippen molar-refractivity contribution in [1.29, 1.82) is 0 Å². The molecule has 0 radical (unpaired) electrons. The maximum absolute atomic E-state index is 11.3. The molecule has 1 aliphatic heterocycles. The van der Waals surface area contributed by atoms with E-state index in [9.17, 15) is 9.59 Å². The summed E-state index contributed by atoms with van der Waals surface area (Å²) in [5.41, 5.74) is 0. The summed E-state index contributed by atoms with van der Waals surface area (Å²) in [7, 11) is 0. The van der Waals surface area contributed by atoms with E-state index in [2.05, 4.69) is 4.74 Å². The maximum atomic E-state index is 11.3. The highest BCUT2D eigenvalue weighted by Crippen LogP contribution is 1.97. The Morgan fingerprint density at radius 1 is 1.27 bits per heavy atom. The van der Waals surface area contributed by atoms with Crippen molar-refractivity contribution >= 4 is 11.9 Å². The Hall–Kier alpha value is -1.10. The Morgan fingerprint density at radius 2 is 1.80 bits per heavy atom. The summed E-state index contributed by atoms with van der Waals surface area (Å²) in [6, 6.07) is 0. The van der Waals surface area contributed by atoms with Crippen LogP contribution in [0.2, 0.25) is 0 Å². The van der Waals surface area contributed by atoms with E-state index in [4.69, 9.17) is 4.74 Å². The van der Waals surface area contributed by atoms with Gasteiger partial charge in [0.25, 0.3) is 5.91 Å². The number of morpholine rings is 1. The van der Waals surface area contributed by atoms with Crippen LogP contribution in [0.3, 0.4) is 0 Å². The summed E-state index contributed by atoms with van der Waals surface area (Å²) >= 11 is 0. The maximum Gasteiger partial charge on any atom is 0.303 e. The Kier molecular flexibility index (Phi) is 7.62. The first kappa shape index (κ1) is 13.9. The van der Waals surface area contributed by atoms with Gasteiger partial charge in [0.1, 0.15) is 0 Å². The largest absolute Gasteiger partial charge is 0.456 e. The Morgan fingerprint density at radius 3 is 2.27 bits per heavy atom. The lowest BCUT2D eigenvalue weighted by molar-refractivity contribution is -0.152. The van der Waals surface area contributed by atoms with Gasteiger partial charge in [-0.1, -0.05) is 13.8 Å². The van der Waals surface area contributed by atoms with Crippen molar-refractivity contribution in [2.45, 2.75) is 20.8 Å². The predicted octanol–water partition coefficient (Wildman–Crippen LogP) is 0.434. The first-order valence-electron chi connectivity index (χ1n) is 5.19. The van der Waals surface area contributed by atoms with Gasteiger partial charge < -0.3 is 14.4 Å². The van der Waals surface area contributed by atoms with Gasteiger partial charge >= 0.3 is 5.97 Å². The van der Waals surface area contributed by atoms with E-state index in [1.165, 1.54) is 6.92 Å². The standard InChI is InChI=1S/C8H13NO4.C2H6/c1-7(10)13-6-8(11)9-2-4-12-5-3-9;1-2/h2-6H2,1H3;1-2H3. The van der Waals surface area contributed by atoms with Crippen LogP contribution in [0.25, 0.3) is 0 Å². The fourth-order valence-electron chi connectivity index (χ4n) is 1.07. The average Bonchev–Trinajstić information content (AvgIpc) is 2.30. The summed E-state index contributed by atoms with van der Waals surface area (Å²) in [4.78, 5) is 23.3. The van der Waals surface area contributed by atoms with Crippen molar-refractivity contribution in [2.24, 2.45) is 0 Å². The third-order valence-electron chi connectivity index (χ3n) is 1.76. The molecule has 1 aliphatic rings. The average molecular weight is 217 g/mol. The lowest BCUT2D eigenvalue weighted by atomic mass is 10.4. The van der Waals surface area contributed by atoms with E-state index in [1.54, 1.807) is 4.90 Å². The lowest BCUT2D eigenvalue weighted by Gasteiger charge is -2.26. The first-order chi connectivity index (χ1) is 7.20. The molecule has 0 unspecified atom stereocenters. The SMILES string of the molecule is CC.CC(=O)OCC(=O)N1CCOCC1. The zero-order valence-electron chi connectivity index (χ0n) is 9.62. The van der Waals surface area contributed by atoms with Gasteiger partial charge in [-0.3, -0.25) is 9.59 Å². The van der Waals surface area contributed by atoms with Crippen molar-refractivity contribution in [3.8, 4) is 0 Å². The normalized spacial score (nSPS) is 15.0.